The Kier molecular flexibility index (Phi) is 4.57. The number of amides is 1. The molecule has 0 N–H and O–H groups in total. The Balaban J connectivity index is 1.56. The molecule has 1 heterocycles. The van der Waals surface area contributed by atoms with Crippen LogP contribution in [0.3, 0.4) is 0 Å². The zero-order chi connectivity index (χ0) is 15.4. The molecule has 22 heavy (non-hydrogen) atoms. The summed E-state index contributed by atoms with van der Waals surface area (Å²) in [6, 6.07) is 18.9. The van der Waals surface area contributed by atoms with Crippen LogP contribution in [0.2, 0.25) is 0 Å². The highest BCUT2D eigenvalue weighted by atomic mass is 16.2. The van der Waals surface area contributed by atoms with Crippen LogP contribution in [0, 0.1) is 12.8 Å². The van der Waals surface area contributed by atoms with Crippen LogP contribution < -0.4 is 0 Å². The summed E-state index contributed by atoms with van der Waals surface area (Å²) in [5, 5.41) is 0. The Morgan fingerprint density at radius 2 is 1.82 bits per heavy atom. The first kappa shape index (κ1) is 14.8. The van der Waals surface area contributed by atoms with Crippen LogP contribution in [0.5, 0.6) is 0 Å². The SMILES string of the molecule is Cc1cccc(CC2CCN(CCc3ccccc3)C2=O)c1. The van der Waals surface area contributed by atoms with E-state index < -0.39 is 0 Å². The third kappa shape index (κ3) is 3.56. The highest BCUT2D eigenvalue weighted by Crippen LogP contribution is 2.23. The maximum absolute atomic E-state index is 12.5. The summed E-state index contributed by atoms with van der Waals surface area (Å²) in [5.41, 5.74) is 3.85. The van der Waals surface area contributed by atoms with Crippen LogP contribution in [-0.2, 0) is 17.6 Å². The summed E-state index contributed by atoms with van der Waals surface area (Å²) in [5.74, 6) is 0.495. The number of carbonyl (C=O) groups is 1. The first-order valence-electron chi connectivity index (χ1n) is 8.10. The fourth-order valence-corrected chi connectivity index (χ4v) is 3.25. The highest BCUT2D eigenvalue weighted by Gasteiger charge is 2.31. The first-order valence-corrected chi connectivity index (χ1v) is 8.10. The molecule has 0 saturated carbocycles. The molecule has 1 atom stereocenters. The van der Waals surface area contributed by atoms with Crippen molar-refractivity contribution in [3.63, 3.8) is 0 Å². The van der Waals surface area contributed by atoms with E-state index >= 15 is 0 Å². The lowest BCUT2D eigenvalue weighted by molar-refractivity contribution is -0.130. The van der Waals surface area contributed by atoms with E-state index in [9.17, 15) is 4.79 Å². The monoisotopic (exact) mass is 293 g/mol. The molecular weight excluding hydrogens is 270 g/mol. The van der Waals surface area contributed by atoms with Crippen molar-refractivity contribution in [3.8, 4) is 0 Å². The summed E-state index contributed by atoms with van der Waals surface area (Å²) in [6.45, 7) is 3.85. The van der Waals surface area contributed by atoms with E-state index in [-0.39, 0.29) is 5.92 Å². The lowest BCUT2D eigenvalue weighted by atomic mass is 9.97. The van der Waals surface area contributed by atoms with Gasteiger partial charge in [0.1, 0.15) is 0 Å². The van der Waals surface area contributed by atoms with Gasteiger partial charge in [0.2, 0.25) is 5.91 Å². The molecule has 0 radical (unpaired) electrons. The molecule has 3 rings (SSSR count). The van der Waals surface area contributed by atoms with Crippen LogP contribution in [0.1, 0.15) is 23.1 Å². The number of likely N-dealkylation sites (tertiary alicyclic amines) is 1. The van der Waals surface area contributed by atoms with Crippen molar-refractivity contribution in [2.45, 2.75) is 26.2 Å². The minimum absolute atomic E-state index is 0.164. The number of aryl methyl sites for hydroxylation is 1. The van der Waals surface area contributed by atoms with Crippen LogP contribution in [0.25, 0.3) is 0 Å². The van der Waals surface area contributed by atoms with E-state index in [1.807, 2.05) is 11.0 Å². The maximum Gasteiger partial charge on any atom is 0.226 e. The number of nitrogens with zero attached hydrogens (tertiary/aromatic N) is 1. The van der Waals surface area contributed by atoms with Crippen LogP contribution in [0.15, 0.2) is 54.6 Å². The molecule has 1 amide bonds. The van der Waals surface area contributed by atoms with E-state index in [1.165, 1.54) is 16.7 Å². The molecule has 114 valence electrons. The van der Waals surface area contributed by atoms with Crippen LogP contribution in [0.4, 0.5) is 0 Å². The van der Waals surface area contributed by atoms with Gasteiger partial charge in [-0.25, -0.2) is 0 Å². The van der Waals surface area contributed by atoms with Crippen molar-refractivity contribution < 1.29 is 4.79 Å². The summed E-state index contributed by atoms with van der Waals surface area (Å²) in [6.07, 6.45) is 2.81. The van der Waals surface area contributed by atoms with Crippen molar-refractivity contribution in [3.05, 3.63) is 71.3 Å². The summed E-state index contributed by atoms with van der Waals surface area (Å²) >= 11 is 0. The van der Waals surface area contributed by atoms with Gasteiger partial charge in [0.25, 0.3) is 0 Å². The molecule has 2 nitrogen and oxygen atoms in total. The second-order valence-electron chi connectivity index (χ2n) is 6.24. The lowest BCUT2D eigenvalue weighted by Crippen LogP contribution is -2.30. The molecule has 1 aliphatic heterocycles. The average Bonchev–Trinajstić information content (AvgIpc) is 2.87. The molecule has 0 aliphatic carbocycles. The minimum Gasteiger partial charge on any atom is -0.342 e. The molecule has 0 aromatic heterocycles. The molecule has 0 bridgehead atoms. The summed E-state index contributed by atoms with van der Waals surface area (Å²) in [7, 11) is 0. The Morgan fingerprint density at radius 1 is 1.05 bits per heavy atom. The van der Waals surface area contributed by atoms with Crippen molar-refractivity contribution >= 4 is 5.91 Å². The minimum atomic E-state index is 0.164. The number of benzene rings is 2. The van der Waals surface area contributed by atoms with Crippen molar-refractivity contribution in [1.82, 2.24) is 4.90 Å². The third-order valence-corrected chi connectivity index (χ3v) is 4.49. The Morgan fingerprint density at radius 3 is 2.59 bits per heavy atom. The average molecular weight is 293 g/mol. The maximum atomic E-state index is 12.5. The molecule has 2 heteroatoms. The normalized spacial score (nSPS) is 18.0. The Labute approximate surface area is 132 Å². The molecule has 0 spiro atoms. The zero-order valence-electron chi connectivity index (χ0n) is 13.2. The predicted octanol–water partition coefficient (Wildman–Crippen LogP) is 3.63. The van der Waals surface area contributed by atoms with Gasteiger partial charge in [-0.3, -0.25) is 4.79 Å². The molecule has 1 unspecified atom stereocenters. The lowest BCUT2D eigenvalue weighted by Gasteiger charge is -2.17. The summed E-state index contributed by atoms with van der Waals surface area (Å²) in [4.78, 5) is 14.6. The van der Waals surface area contributed by atoms with Gasteiger partial charge in [-0.15, -0.1) is 0 Å². The number of carbonyl (C=O) groups excluding carboxylic acids is 1. The highest BCUT2D eigenvalue weighted by molar-refractivity contribution is 5.81. The Bertz CT molecular complexity index is 635. The number of hydrogen-bond donors (Lipinski definition) is 0. The molecular formula is C20H23NO. The smallest absolute Gasteiger partial charge is 0.226 e. The number of hydrogen-bond acceptors (Lipinski definition) is 1. The van der Waals surface area contributed by atoms with E-state index in [0.29, 0.717) is 5.91 Å². The number of rotatable bonds is 5. The van der Waals surface area contributed by atoms with Crippen LogP contribution in [-0.4, -0.2) is 23.9 Å². The van der Waals surface area contributed by atoms with E-state index in [0.717, 1.165) is 32.4 Å². The largest absolute Gasteiger partial charge is 0.342 e. The van der Waals surface area contributed by atoms with Gasteiger partial charge in [0, 0.05) is 19.0 Å². The van der Waals surface area contributed by atoms with Crippen molar-refractivity contribution in [1.29, 1.82) is 0 Å². The van der Waals surface area contributed by atoms with Gasteiger partial charge in [0.05, 0.1) is 0 Å². The fourth-order valence-electron chi connectivity index (χ4n) is 3.25. The molecule has 1 aliphatic rings. The topological polar surface area (TPSA) is 20.3 Å². The van der Waals surface area contributed by atoms with Gasteiger partial charge in [0.15, 0.2) is 0 Å². The Hall–Kier alpha value is -2.09. The third-order valence-electron chi connectivity index (χ3n) is 4.49. The van der Waals surface area contributed by atoms with Gasteiger partial charge < -0.3 is 4.90 Å². The molecule has 2 aromatic carbocycles. The van der Waals surface area contributed by atoms with E-state index in [4.69, 9.17) is 0 Å². The van der Waals surface area contributed by atoms with E-state index in [1.54, 1.807) is 0 Å². The van der Waals surface area contributed by atoms with Crippen LogP contribution >= 0.6 is 0 Å². The fraction of sp³-hybridized carbons (Fsp3) is 0.350. The second-order valence-corrected chi connectivity index (χ2v) is 6.24. The van der Waals surface area contributed by atoms with Gasteiger partial charge >= 0.3 is 0 Å². The van der Waals surface area contributed by atoms with Crippen molar-refractivity contribution in [2.24, 2.45) is 5.92 Å². The quantitative estimate of drug-likeness (QED) is 0.824. The van der Waals surface area contributed by atoms with Crippen molar-refractivity contribution in [2.75, 3.05) is 13.1 Å². The van der Waals surface area contributed by atoms with E-state index in [2.05, 4.69) is 55.5 Å². The molecule has 1 fully saturated rings. The van der Waals surface area contributed by atoms with Gasteiger partial charge in [-0.05, 0) is 37.3 Å². The predicted molar refractivity (Wildman–Crippen MR) is 89.7 cm³/mol. The molecule has 1 saturated heterocycles. The zero-order valence-corrected chi connectivity index (χ0v) is 13.2. The summed E-state index contributed by atoms with van der Waals surface area (Å²) < 4.78 is 0. The second kappa shape index (κ2) is 6.78. The van der Waals surface area contributed by atoms with Gasteiger partial charge in [-0.1, -0.05) is 60.2 Å². The standard InChI is InChI=1S/C20H23NO/c1-16-6-5-9-18(14-16)15-19-11-13-21(20(19)22)12-10-17-7-3-2-4-8-17/h2-9,14,19H,10-13,15H2,1H3. The first-order chi connectivity index (χ1) is 10.7. The molecule has 2 aromatic rings. The van der Waals surface area contributed by atoms with Gasteiger partial charge in [-0.2, -0.15) is 0 Å².